The van der Waals surface area contributed by atoms with Gasteiger partial charge in [-0.1, -0.05) is 0 Å². The number of nitrogens with two attached hydrogens (primary N) is 1. The van der Waals surface area contributed by atoms with Crippen molar-refractivity contribution in [2.45, 2.75) is 39.6 Å². The molecule has 0 aliphatic carbocycles. The van der Waals surface area contributed by atoms with Crippen molar-refractivity contribution in [1.29, 1.82) is 0 Å². The minimum Gasteiger partial charge on any atom is -0.356 e. The molecule has 0 amide bonds. The van der Waals surface area contributed by atoms with Gasteiger partial charge < -0.3 is 19.9 Å². The fourth-order valence-electron chi connectivity index (χ4n) is 0.660. The molecular weight excluding hydrogens is 146 g/mol. The van der Waals surface area contributed by atoms with E-state index >= 15 is 0 Å². The highest BCUT2D eigenvalue weighted by Crippen LogP contribution is 2.00. The molecule has 0 aliphatic rings. The maximum Gasteiger partial charge on any atom is 0.160 e. The Bertz CT molecular complexity index is 97.7. The molecule has 4 heteroatoms. The van der Waals surface area contributed by atoms with Gasteiger partial charge in [-0.05, 0) is 20.8 Å². The van der Waals surface area contributed by atoms with Crippen molar-refractivity contribution in [2.75, 3.05) is 7.11 Å². The van der Waals surface area contributed by atoms with Crippen LogP contribution in [0.3, 0.4) is 0 Å². The molecule has 3 atom stereocenters. The standard InChI is InChI=1S/C7H17NO3/c1-5(8)10-7(3)11-6(2)9-4/h5-7H,8H2,1-4H3. The van der Waals surface area contributed by atoms with Crippen LogP contribution in [0, 0.1) is 0 Å². The SMILES string of the molecule is COC(C)OC(C)OC(C)N. The van der Waals surface area contributed by atoms with E-state index < -0.39 is 0 Å². The molecule has 0 radical (unpaired) electrons. The molecule has 0 aromatic carbocycles. The van der Waals surface area contributed by atoms with Crippen LogP contribution in [0.25, 0.3) is 0 Å². The van der Waals surface area contributed by atoms with Crippen molar-refractivity contribution in [3.63, 3.8) is 0 Å². The molecule has 11 heavy (non-hydrogen) atoms. The second-order valence-corrected chi connectivity index (χ2v) is 2.35. The van der Waals surface area contributed by atoms with E-state index in [0.717, 1.165) is 0 Å². The highest BCUT2D eigenvalue weighted by Gasteiger charge is 2.08. The van der Waals surface area contributed by atoms with Crippen LogP contribution >= 0.6 is 0 Å². The van der Waals surface area contributed by atoms with Crippen molar-refractivity contribution >= 4 is 0 Å². The van der Waals surface area contributed by atoms with Gasteiger partial charge in [-0.25, -0.2) is 0 Å². The Labute approximate surface area is 67.6 Å². The predicted octanol–water partition coefficient (Wildman–Crippen LogP) is 0.663. The quantitative estimate of drug-likeness (QED) is 0.605. The first-order valence-corrected chi connectivity index (χ1v) is 3.65. The van der Waals surface area contributed by atoms with E-state index in [1.165, 1.54) is 0 Å². The summed E-state index contributed by atoms with van der Waals surface area (Å²) >= 11 is 0. The van der Waals surface area contributed by atoms with Gasteiger partial charge in [0.25, 0.3) is 0 Å². The van der Waals surface area contributed by atoms with Gasteiger partial charge in [0.1, 0.15) is 6.23 Å². The molecule has 2 N–H and O–H groups in total. The number of ether oxygens (including phenoxy) is 3. The lowest BCUT2D eigenvalue weighted by atomic mass is 10.6. The fourth-order valence-corrected chi connectivity index (χ4v) is 0.660. The maximum absolute atomic E-state index is 5.37. The van der Waals surface area contributed by atoms with E-state index in [1.807, 2.05) is 0 Å². The summed E-state index contributed by atoms with van der Waals surface area (Å²) in [6, 6.07) is 0. The summed E-state index contributed by atoms with van der Waals surface area (Å²) in [4.78, 5) is 0. The Morgan fingerprint density at radius 3 is 1.91 bits per heavy atom. The van der Waals surface area contributed by atoms with Gasteiger partial charge in [-0.3, -0.25) is 0 Å². The highest BCUT2D eigenvalue weighted by molar-refractivity contribution is 4.38. The molecule has 0 saturated carbocycles. The van der Waals surface area contributed by atoms with E-state index in [0.29, 0.717) is 0 Å². The molecule has 68 valence electrons. The fraction of sp³-hybridized carbons (Fsp3) is 1.00. The Kier molecular flexibility index (Phi) is 5.41. The van der Waals surface area contributed by atoms with Gasteiger partial charge in [-0.2, -0.15) is 0 Å². The lowest BCUT2D eigenvalue weighted by molar-refractivity contribution is -0.234. The monoisotopic (exact) mass is 163 g/mol. The smallest absolute Gasteiger partial charge is 0.160 e. The van der Waals surface area contributed by atoms with Gasteiger partial charge >= 0.3 is 0 Å². The van der Waals surface area contributed by atoms with Crippen molar-refractivity contribution in [2.24, 2.45) is 5.73 Å². The third-order valence-corrected chi connectivity index (χ3v) is 1.12. The number of hydrogen-bond acceptors (Lipinski definition) is 4. The van der Waals surface area contributed by atoms with E-state index in [1.54, 1.807) is 27.9 Å². The molecule has 0 aliphatic heterocycles. The topological polar surface area (TPSA) is 53.7 Å². The molecule has 0 fully saturated rings. The first kappa shape index (κ1) is 10.8. The van der Waals surface area contributed by atoms with Crippen LogP contribution < -0.4 is 5.73 Å². The van der Waals surface area contributed by atoms with E-state index in [-0.39, 0.29) is 18.8 Å². The molecular formula is C7H17NO3. The third kappa shape index (κ3) is 6.25. The zero-order chi connectivity index (χ0) is 8.85. The normalized spacial score (nSPS) is 19.4. The number of rotatable bonds is 5. The van der Waals surface area contributed by atoms with Crippen LogP contribution in [-0.4, -0.2) is 25.9 Å². The summed E-state index contributed by atoms with van der Waals surface area (Å²) in [5, 5.41) is 0. The summed E-state index contributed by atoms with van der Waals surface area (Å²) in [7, 11) is 1.57. The van der Waals surface area contributed by atoms with Crippen LogP contribution in [0.2, 0.25) is 0 Å². The van der Waals surface area contributed by atoms with Crippen molar-refractivity contribution < 1.29 is 14.2 Å². The van der Waals surface area contributed by atoms with Gasteiger partial charge in [-0.15, -0.1) is 0 Å². The molecule has 0 heterocycles. The number of hydrogen-bond donors (Lipinski definition) is 1. The third-order valence-electron chi connectivity index (χ3n) is 1.12. The first-order chi connectivity index (χ1) is 5.06. The summed E-state index contributed by atoms with van der Waals surface area (Å²) < 4.78 is 15.1. The van der Waals surface area contributed by atoms with Crippen LogP contribution in [-0.2, 0) is 14.2 Å². The van der Waals surface area contributed by atoms with Crippen molar-refractivity contribution in [1.82, 2.24) is 0 Å². The average molecular weight is 163 g/mol. The van der Waals surface area contributed by atoms with E-state index in [9.17, 15) is 0 Å². The molecule has 0 rings (SSSR count). The van der Waals surface area contributed by atoms with Gasteiger partial charge in [0.2, 0.25) is 0 Å². The first-order valence-electron chi connectivity index (χ1n) is 3.65. The Morgan fingerprint density at radius 2 is 1.55 bits per heavy atom. The Morgan fingerprint density at radius 1 is 1.00 bits per heavy atom. The molecule has 0 aromatic rings. The molecule has 0 saturated heterocycles. The van der Waals surface area contributed by atoms with Gasteiger partial charge in [0.15, 0.2) is 12.6 Å². The van der Waals surface area contributed by atoms with Crippen LogP contribution in [0.15, 0.2) is 0 Å². The summed E-state index contributed by atoms with van der Waals surface area (Å²) in [5.74, 6) is 0. The average Bonchev–Trinajstić information content (AvgIpc) is 1.85. The summed E-state index contributed by atoms with van der Waals surface area (Å²) in [5.41, 5.74) is 5.37. The minimum atomic E-state index is -0.329. The zero-order valence-electron chi connectivity index (χ0n) is 7.53. The van der Waals surface area contributed by atoms with Crippen LogP contribution in [0.4, 0.5) is 0 Å². The van der Waals surface area contributed by atoms with Crippen molar-refractivity contribution in [3.05, 3.63) is 0 Å². The molecule has 3 unspecified atom stereocenters. The highest BCUT2D eigenvalue weighted by atomic mass is 16.8. The Balaban J connectivity index is 3.43. The molecule has 0 spiro atoms. The van der Waals surface area contributed by atoms with E-state index in [4.69, 9.17) is 19.9 Å². The van der Waals surface area contributed by atoms with Gasteiger partial charge in [0, 0.05) is 7.11 Å². The van der Waals surface area contributed by atoms with Gasteiger partial charge in [0.05, 0.1) is 0 Å². The summed E-state index contributed by atoms with van der Waals surface area (Å²) in [6.45, 7) is 5.32. The van der Waals surface area contributed by atoms with Crippen LogP contribution in [0.1, 0.15) is 20.8 Å². The Hall–Kier alpha value is -0.160. The van der Waals surface area contributed by atoms with Crippen LogP contribution in [0.5, 0.6) is 0 Å². The lowest BCUT2D eigenvalue weighted by Gasteiger charge is -2.19. The molecule has 4 nitrogen and oxygen atoms in total. The summed E-state index contributed by atoms with van der Waals surface area (Å²) in [6.07, 6.45) is -0.900. The largest absolute Gasteiger partial charge is 0.356 e. The zero-order valence-corrected chi connectivity index (χ0v) is 7.53. The lowest BCUT2D eigenvalue weighted by Crippen LogP contribution is -2.29. The predicted molar refractivity (Wildman–Crippen MR) is 41.8 cm³/mol. The van der Waals surface area contributed by atoms with E-state index in [2.05, 4.69) is 0 Å². The maximum atomic E-state index is 5.37. The molecule has 0 aromatic heterocycles. The minimum absolute atomic E-state index is 0.260. The van der Waals surface area contributed by atoms with Crippen molar-refractivity contribution in [3.8, 4) is 0 Å². The number of methoxy groups -OCH3 is 1. The molecule has 0 bridgehead atoms. The second-order valence-electron chi connectivity index (χ2n) is 2.35. The second kappa shape index (κ2) is 5.49.